The fourth-order valence-electron chi connectivity index (χ4n) is 2.79. The van der Waals surface area contributed by atoms with Gasteiger partial charge in [0, 0.05) is 17.2 Å². The lowest BCUT2D eigenvalue weighted by Gasteiger charge is -2.08. The summed E-state index contributed by atoms with van der Waals surface area (Å²) in [7, 11) is 1.45. The summed E-state index contributed by atoms with van der Waals surface area (Å²) >= 11 is 0. The molecule has 3 rings (SSSR count). The fraction of sp³-hybridized carbons (Fsp3) is 0.0952. The highest BCUT2D eigenvalue weighted by Crippen LogP contribution is 2.30. The number of furan rings is 1. The van der Waals surface area contributed by atoms with Crippen LogP contribution in [0.1, 0.15) is 11.3 Å². The van der Waals surface area contributed by atoms with Crippen LogP contribution in [0.2, 0.25) is 0 Å². The van der Waals surface area contributed by atoms with Crippen molar-refractivity contribution in [2.75, 3.05) is 12.4 Å². The number of anilines is 1. The van der Waals surface area contributed by atoms with Crippen LogP contribution in [0.5, 0.6) is 5.75 Å². The normalized spacial score (nSPS) is 10.6. The van der Waals surface area contributed by atoms with E-state index in [1.54, 1.807) is 55.5 Å². The molecule has 1 heterocycles. The van der Waals surface area contributed by atoms with Crippen LogP contribution in [-0.2, 0) is 9.59 Å². The number of methoxy groups -OCH3 is 1. The Balaban J connectivity index is 1.64. The number of hydrazone groups is 1. The van der Waals surface area contributed by atoms with E-state index in [1.165, 1.54) is 19.4 Å². The first-order chi connectivity index (χ1) is 14.9. The van der Waals surface area contributed by atoms with E-state index in [4.69, 9.17) is 9.15 Å². The number of nitrogens with one attached hydrogen (secondary N) is 2. The van der Waals surface area contributed by atoms with Crippen molar-refractivity contribution in [2.45, 2.75) is 6.92 Å². The second kappa shape index (κ2) is 9.35. The first kappa shape index (κ1) is 21.2. The van der Waals surface area contributed by atoms with Gasteiger partial charge in [0.2, 0.25) is 0 Å². The second-order valence-electron chi connectivity index (χ2n) is 6.26. The molecule has 0 saturated heterocycles. The Labute approximate surface area is 176 Å². The Kier molecular flexibility index (Phi) is 6.41. The minimum atomic E-state index is -0.983. The van der Waals surface area contributed by atoms with E-state index in [1.807, 2.05) is 0 Å². The third kappa shape index (κ3) is 4.93. The second-order valence-corrected chi connectivity index (χ2v) is 6.26. The van der Waals surface area contributed by atoms with Crippen molar-refractivity contribution in [3.8, 4) is 17.1 Å². The number of amides is 2. The molecule has 3 aromatic rings. The SMILES string of the molecule is COc1ccccc1NC(=O)C(=O)NN=Cc1ccc(-c2cccc([N+](=O)[O-])c2C)o1. The van der Waals surface area contributed by atoms with Gasteiger partial charge in [0.1, 0.15) is 17.3 Å². The van der Waals surface area contributed by atoms with E-state index in [0.717, 1.165) is 0 Å². The third-order valence-corrected chi connectivity index (χ3v) is 4.31. The maximum Gasteiger partial charge on any atom is 0.329 e. The zero-order valence-corrected chi connectivity index (χ0v) is 16.6. The fourth-order valence-corrected chi connectivity index (χ4v) is 2.79. The van der Waals surface area contributed by atoms with Gasteiger partial charge in [-0.1, -0.05) is 24.3 Å². The van der Waals surface area contributed by atoms with E-state index in [0.29, 0.717) is 28.3 Å². The first-order valence-electron chi connectivity index (χ1n) is 9.02. The Bertz CT molecular complexity index is 1170. The number of rotatable bonds is 6. The van der Waals surface area contributed by atoms with Crippen molar-refractivity contribution in [2.24, 2.45) is 5.10 Å². The van der Waals surface area contributed by atoms with E-state index in [2.05, 4.69) is 15.8 Å². The van der Waals surface area contributed by atoms with E-state index >= 15 is 0 Å². The summed E-state index contributed by atoms with van der Waals surface area (Å²) < 4.78 is 10.7. The van der Waals surface area contributed by atoms with Gasteiger partial charge in [-0.2, -0.15) is 5.10 Å². The van der Waals surface area contributed by atoms with Gasteiger partial charge < -0.3 is 14.5 Å². The van der Waals surface area contributed by atoms with Crippen molar-refractivity contribution in [3.05, 3.63) is 76.0 Å². The maximum absolute atomic E-state index is 12.0. The van der Waals surface area contributed by atoms with Gasteiger partial charge in [0.25, 0.3) is 5.69 Å². The Morgan fingerprint density at radius 3 is 2.61 bits per heavy atom. The summed E-state index contributed by atoms with van der Waals surface area (Å²) in [6.45, 7) is 1.63. The topological polar surface area (TPSA) is 136 Å². The van der Waals surface area contributed by atoms with Gasteiger partial charge in [-0.3, -0.25) is 19.7 Å². The minimum Gasteiger partial charge on any atom is -0.495 e. The quantitative estimate of drug-likeness (QED) is 0.271. The highest BCUT2D eigenvalue weighted by atomic mass is 16.6. The highest BCUT2D eigenvalue weighted by Gasteiger charge is 2.17. The maximum atomic E-state index is 12.0. The summed E-state index contributed by atoms with van der Waals surface area (Å²) in [6.07, 6.45) is 1.21. The molecule has 10 nitrogen and oxygen atoms in total. The van der Waals surface area contributed by atoms with E-state index in [9.17, 15) is 19.7 Å². The van der Waals surface area contributed by atoms with Gasteiger partial charge in [0.15, 0.2) is 0 Å². The number of nitrogens with zero attached hydrogens (tertiary/aromatic N) is 2. The molecule has 0 aliphatic carbocycles. The standard InChI is InChI=1S/C21H18N4O6/c1-13-15(6-5-8-17(13)25(28)29)18-11-10-14(31-18)12-22-24-21(27)20(26)23-16-7-3-4-9-19(16)30-2/h3-12H,1-2H3,(H,23,26)(H,24,27). The summed E-state index contributed by atoms with van der Waals surface area (Å²) in [4.78, 5) is 34.6. The Morgan fingerprint density at radius 1 is 1.10 bits per heavy atom. The van der Waals surface area contributed by atoms with Gasteiger partial charge in [-0.05, 0) is 31.2 Å². The van der Waals surface area contributed by atoms with Crippen molar-refractivity contribution in [1.29, 1.82) is 0 Å². The molecule has 0 spiro atoms. The van der Waals surface area contributed by atoms with Gasteiger partial charge in [0.05, 0.1) is 23.9 Å². The molecule has 31 heavy (non-hydrogen) atoms. The molecule has 10 heteroatoms. The Morgan fingerprint density at radius 2 is 1.87 bits per heavy atom. The lowest BCUT2D eigenvalue weighted by Crippen LogP contribution is -2.32. The van der Waals surface area contributed by atoms with E-state index in [-0.39, 0.29) is 11.4 Å². The molecule has 2 N–H and O–H groups in total. The van der Waals surface area contributed by atoms with Crippen LogP contribution in [0.25, 0.3) is 11.3 Å². The molecular weight excluding hydrogens is 404 g/mol. The lowest BCUT2D eigenvalue weighted by atomic mass is 10.1. The average molecular weight is 422 g/mol. The molecule has 0 atom stereocenters. The van der Waals surface area contributed by atoms with Crippen LogP contribution in [0.15, 0.2) is 64.1 Å². The van der Waals surface area contributed by atoms with Crippen molar-refractivity contribution >= 4 is 29.4 Å². The number of nitro groups is 1. The zero-order chi connectivity index (χ0) is 22.4. The minimum absolute atomic E-state index is 0.0163. The summed E-state index contributed by atoms with van der Waals surface area (Å²) in [5.41, 5.74) is 3.46. The van der Waals surface area contributed by atoms with Crippen molar-refractivity contribution in [3.63, 3.8) is 0 Å². The number of benzene rings is 2. The smallest absolute Gasteiger partial charge is 0.329 e. The van der Waals surface area contributed by atoms with Crippen molar-refractivity contribution < 1.29 is 23.7 Å². The molecule has 0 saturated carbocycles. The molecule has 0 radical (unpaired) electrons. The predicted molar refractivity (Wildman–Crippen MR) is 113 cm³/mol. The van der Waals surface area contributed by atoms with Crippen LogP contribution in [0, 0.1) is 17.0 Å². The predicted octanol–water partition coefficient (Wildman–Crippen LogP) is 3.26. The van der Waals surface area contributed by atoms with Crippen LogP contribution >= 0.6 is 0 Å². The molecule has 2 amide bonds. The molecular formula is C21H18N4O6. The highest BCUT2D eigenvalue weighted by molar-refractivity contribution is 6.39. The van der Waals surface area contributed by atoms with Crippen LogP contribution in [0.4, 0.5) is 11.4 Å². The van der Waals surface area contributed by atoms with E-state index < -0.39 is 16.7 Å². The summed E-state index contributed by atoms with van der Waals surface area (Å²) in [5, 5.41) is 17.2. The average Bonchev–Trinajstić information content (AvgIpc) is 3.22. The summed E-state index contributed by atoms with van der Waals surface area (Å²) in [5.74, 6) is -0.807. The molecule has 2 aromatic carbocycles. The number of hydrogen-bond donors (Lipinski definition) is 2. The van der Waals surface area contributed by atoms with Gasteiger partial charge in [-0.15, -0.1) is 0 Å². The number of carbonyl (C=O) groups excluding carboxylic acids is 2. The molecule has 0 unspecified atom stereocenters. The largest absolute Gasteiger partial charge is 0.495 e. The zero-order valence-electron chi connectivity index (χ0n) is 16.6. The number of ether oxygens (including phenoxy) is 1. The van der Waals surface area contributed by atoms with Crippen molar-refractivity contribution in [1.82, 2.24) is 5.43 Å². The number of hydrogen-bond acceptors (Lipinski definition) is 7. The number of para-hydroxylation sites is 2. The molecule has 0 aliphatic heterocycles. The molecule has 0 bridgehead atoms. The van der Waals surface area contributed by atoms with Crippen LogP contribution in [0.3, 0.4) is 0 Å². The third-order valence-electron chi connectivity index (χ3n) is 4.31. The Hall–Kier alpha value is -4.47. The monoisotopic (exact) mass is 422 g/mol. The van der Waals surface area contributed by atoms with Crippen LogP contribution in [-0.4, -0.2) is 30.1 Å². The van der Waals surface area contributed by atoms with Gasteiger partial charge in [-0.25, -0.2) is 5.43 Å². The van der Waals surface area contributed by atoms with Gasteiger partial charge >= 0.3 is 11.8 Å². The number of carbonyl (C=O) groups is 2. The number of nitro benzene ring substituents is 1. The lowest BCUT2D eigenvalue weighted by molar-refractivity contribution is -0.385. The van der Waals surface area contributed by atoms with Crippen LogP contribution < -0.4 is 15.5 Å². The molecule has 1 aromatic heterocycles. The summed E-state index contributed by atoms with van der Waals surface area (Å²) in [6, 6.07) is 14.5. The molecule has 0 fully saturated rings. The molecule has 0 aliphatic rings. The molecule has 158 valence electrons. The first-order valence-corrected chi connectivity index (χ1v) is 9.02.